The highest BCUT2D eigenvalue weighted by Gasteiger charge is 2.10. The Morgan fingerprint density at radius 2 is 2.00 bits per heavy atom. The topological polar surface area (TPSA) is 50.4 Å². The third-order valence-corrected chi connectivity index (χ3v) is 2.28. The molecule has 1 aromatic carbocycles. The van der Waals surface area contributed by atoms with E-state index in [0.29, 0.717) is 13.1 Å². The van der Waals surface area contributed by atoms with Gasteiger partial charge in [0.15, 0.2) is 0 Å². The van der Waals surface area contributed by atoms with Gasteiger partial charge in [0.2, 0.25) is 5.91 Å². The van der Waals surface area contributed by atoms with Crippen molar-refractivity contribution < 1.29 is 9.53 Å². The highest BCUT2D eigenvalue weighted by molar-refractivity contribution is 5.85. The Labute approximate surface area is 108 Å². The molecule has 17 heavy (non-hydrogen) atoms. The van der Waals surface area contributed by atoms with Crippen LogP contribution in [0, 0.1) is 0 Å². The van der Waals surface area contributed by atoms with E-state index < -0.39 is 0 Å². The summed E-state index contributed by atoms with van der Waals surface area (Å²) in [5.74, 6) is -0.0273. The Bertz CT molecular complexity index is 320. The Morgan fingerprint density at radius 3 is 2.53 bits per heavy atom. The number of carbonyl (C=O) groups excluding carboxylic acids is 1. The van der Waals surface area contributed by atoms with Crippen molar-refractivity contribution in [1.29, 1.82) is 0 Å². The second kappa shape index (κ2) is 8.98. The first-order valence-corrected chi connectivity index (χ1v) is 5.27. The second-order valence-corrected chi connectivity index (χ2v) is 3.47. The first-order valence-electron chi connectivity index (χ1n) is 5.27. The molecule has 96 valence electrons. The summed E-state index contributed by atoms with van der Waals surface area (Å²) in [4.78, 5) is 11.3. The molecule has 1 aromatic rings. The minimum absolute atomic E-state index is 0. The van der Waals surface area contributed by atoms with Crippen LogP contribution in [0.3, 0.4) is 0 Å². The standard InChI is InChI=1S/C12H18N2O2.ClH/c1-13-9-12(15)14-8-11(16-2)10-6-4-3-5-7-10;/h3-7,11,13H,8-9H2,1-2H3,(H,14,15);1H. The molecule has 1 atom stereocenters. The van der Waals surface area contributed by atoms with Crippen LogP contribution in [0.25, 0.3) is 0 Å². The van der Waals surface area contributed by atoms with E-state index in [1.807, 2.05) is 30.3 Å². The average Bonchev–Trinajstić information content (AvgIpc) is 2.31. The molecule has 0 aliphatic rings. The van der Waals surface area contributed by atoms with Crippen LogP contribution in [0.2, 0.25) is 0 Å². The lowest BCUT2D eigenvalue weighted by molar-refractivity contribution is -0.120. The fourth-order valence-corrected chi connectivity index (χ4v) is 1.43. The van der Waals surface area contributed by atoms with E-state index in [4.69, 9.17) is 4.74 Å². The number of ether oxygens (including phenoxy) is 1. The summed E-state index contributed by atoms with van der Waals surface area (Å²) in [7, 11) is 3.38. The fraction of sp³-hybridized carbons (Fsp3) is 0.417. The zero-order valence-corrected chi connectivity index (χ0v) is 10.9. The smallest absolute Gasteiger partial charge is 0.234 e. The number of hydrogen-bond acceptors (Lipinski definition) is 3. The summed E-state index contributed by atoms with van der Waals surface area (Å²) in [6.45, 7) is 0.812. The van der Waals surface area contributed by atoms with Crippen molar-refractivity contribution in [1.82, 2.24) is 10.6 Å². The molecule has 1 amide bonds. The number of nitrogens with one attached hydrogen (secondary N) is 2. The molecule has 0 radical (unpaired) electrons. The van der Waals surface area contributed by atoms with Gasteiger partial charge in [-0.25, -0.2) is 0 Å². The maximum Gasteiger partial charge on any atom is 0.234 e. The van der Waals surface area contributed by atoms with Crippen LogP contribution in [-0.4, -0.2) is 33.2 Å². The number of rotatable bonds is 6. The van der Waals surface area contributed by atoms with Crippen LogP contribution in [0.1, 0.15) is 11.7 Å². The van der Waals surface area contributed by atoms with Crippen LogP contribution in [0.4, 0.5) is 0 Å². The highest BCUT2D eigenvalue weighted by Crippen LogP contribution is 2.14. The van der Waals surface area contributed by atoms with Crippen LogP contribution in [0.15, 0.2) is 30.3 Å². The van der Waals surface area contributed by atoms with Gasteiger partial charge in [-0.3, -0.25) is 4.79 Å². The van der Waals surface area contributed by atoms with Crippen molar-refractivity contribution in [2.45, 2.75) is 6.10 Å². The van der Waals surface area contributed by atoms with Crippen molar-refractivity contribution in [2.75, 3.05) is 27.2 Å². The number of methoxy groups -OCH3 is 1. The predicted molar refractivity (Wildman–Crippen MR) is 70.4 cm³/mol. The number of halogens is 1. The van der Waals surface area contributed by atoms with Crippen LogP contribution >= 0.6 is 12.4 Å². The third-order valence-electron chi connectivity index (χ3n) is 2.28. The van der Waals surface area contributed by atoms with E-state index in [-0.39, 0.29) is 24.4 Å². The van der Waals surface area contributed by atoms with E-state index in [1.54, 1.807) is 14.2 Å². The Morgan fingerprint density at radius 1 is 1.35 bits per heavy atom. The lowest BCUT2D eigenvalue weighted by Crippen LogP contribution is -2.35. The summed E-state index contributed by atoms with van der Waals surface area (Å²) in [5, 5.41) is 5.60. The molecule has 4 nitrogen and oxygen atoms in total. The Hall–Kier alpha value is -1.10. The zero-order chi connectivity index (χ0) is 11.8. The quantitative estimate of drug-likeness (QED) is 0.804. The van der Waals surface area contributed by atoms with Gasteiger partial charge in [0.05, 0.1) is 12.6 Å². The first-order chi connectivity index (χ1) is 7.77. The normalized spacial score (nSPS) is 11.4. The molecular formula is C12H19ClN2O2. The molecule has 0 bridgehead atoms. The van der Waals surface area contributed by atoms with Gasteiger partial charge >= 0.3 is 0 Å². The second-order valence-electron chi connectivity index (χ2n) is 3.47. The average molecular weight is 259 g/mol. The molecule has 2 N–H and O–H groups in total. The van der Waals surface area contributed by atoms with Crippen molar-refractivity contribution in [3.63, 3.8) is 0 Å². The van der Waals surface area contributed by atoms with E-state index in [2.05, 4.69) is 10.6 Å². The van der Waals surface area contributed by atoms with Crippen LogP contribution in [0.5, 0.6) is 0 Å². The summed E-state index contributed by atoms with van der Waals surface area (Å²) in [6, 6.07) is 9.83. The Kier molecular flexibility index (Phi) is 8.40. The molecule has 0 saturated carbocycles. The summed E-state index contributed by atoms with van der Waals surface area (Å²) in [6.07, 6.45) is -0.0954. The fourth-order valence-electron chi connectivity index (χ4n) is 1.43. The van der Waals surface area contributed by atoms with Crippen molar-refractivity contribution in [2.24, 2.45) is 0 Å². The molecule has 0 aliphatic carbocycles. The number of benzene rings is 1. The SMILES string of the molecule is CNCC(=O)NCC(OC)c1ccccc1.Cl. The molecule has 1 unspecified atom stereocenters. The third kappa shape index (κ3) is 5.68. The molecule has 5 heteroatoms. The summed E-state index contributed by atoms with van der Waals surface area (Å²) >= 11 is 0. The largest absolute Gasteiger partial charge is 0.375 e. The molecule has 0 fully saturated rings. The monoisotopic (exact) mass is 258 g/mol. The van der Waals surface area contributed by atoms with Gasteiger partial charge in [-0.2, -0.15) is 0 Å². The summed E-state index contributed by atoms with van der Waals surface area (Å²) in [5.41, 5.74) is 1.06. The van der Waals surface area contributed by atoms with Gasteiger partial charge in [-0.05, 0) is 12.6 Å². The van der Waals surface area contributed by atoms with E-state index in [1.165, 1.54) is 0 Å². The summed E-state index contributed by atoms with van der Waals surface area (Å²) < 4.78 is 5.33. The van der Waals surface area contributed by atoms with E-state index in [0.717, 1.165) is 5.56 Å². The highest BCUT2D eigenvalue weighted by atomic mass is 35.5. The number of likely N-dealkylation sites (N-methyl/N-ethyl adjacent to an activating group) is 1. The lowest BCUT2D eigenvalue weighted by Gasteiger charge is -2.16. The molecular weight excluding hydrogens is 240 g/mol. The predicted octanol–water partition coefficient (Wildman–Crippen LogP) is 1.13. The zero-order valence-electron chi connectivity index (χ0n) is 10.1. The van der Waals surface area contributed by atoms with Crippen molar-refractivity contribution >= 4 is 18.3 Å². The van der Waals surface area contributed by atoms with Crippen molar-refractivity contribution in [3.05, 3.63) is 35.9 Å². The van der Waals surface area contributed by atoms with Gasteiger partial charge in [0.25, 0.3) is 0 Å². The van der Waals surface area contributed by atoms with Crippen LogP contribution < -0.4 is 10.6 Å². The number of amides is 1. The van der Waals surface area contributed by atoms with Crippen molar-refractivity contribution in [3.8, 4) is 0 Å². The molecule has 0 heterocycles. The van der Waals surface area contributed by atoms with E-state index in [9.17, 15) is 4.79 Å². The van der Waals surface area contributed by atoms with Crippen LogP contribution in [-0.2, 0) is 9.53 Å². The minimum atomic E-state index is -0.0954. The van der Waals surface area contributed by atoms with Gasteiger partial charge in [0, 0.05) is 13.7 Å². The molecule has 0 aliphatic heterocycles. The lowest BCUT2D eigenvalue weighted by atomic mass is 10.1. The van der Waals surface area contributed by atoms with Gasteiger partial charge in [-0.1, -0.05) is 30.3 Å². The number of hydrogen-bond donors (Lipinski definition) is 2. The number of carbonyl (C=O) groups is 1. The maximum absolute atomic E-state index is 11.3. The molecule has 0 saturated heterocycles. The van der Waals surface area contributed by atoms with E-state index >= 15 is 0 Å². The first kappa shape index (κ1) is 15.9. The Balaban J connectivity index is 0.00000256. The minimum Gasteiger partial charge on any atom is -0.375 e. The van der Waals surface area contributed by atoms with Gasteiger partial charge in [0.1, 0.15) is 0 Å². The van der Waals surface area contributed by atoms with Gasteiger partial charge < -0.3 is 15.4 Å². The van der Waals surface area contributed by atoms with Gasteiger partial charge in [-0.15, -0.1) is 12.4 Å². The molecule has 0 spiro atoms. The molecule has 0 aromatic heterocycles. The molecule has 1 rings (SSSR count). The maximum atomic E-state index is 11.3.